The third kappa shape index (κ3) is 5.83. The molecule has 0 atom stereocenters. The Morgan fingerprint density at radius 1 is 1.00 bits per heavy atom. The molecule has 0 N–H and O–H groups in total. The molecule has 5 nitrogen and oxygen atoms in total. The van der Waals surface area contributed by atoms with Gasteiger partial charge in [-0.05, 0) is 48.2 Å². The highest BCUT2D eigenvalue weighted by molar-refractivity contribution is 7.18. The summed E-state index contributed by atoms with van der Waals surface area (Å²) in [5.74, 6) is 0. The van der Waals surface area contributed by atoms with Gasteiger partial charge >= 0.3 is 0 Å². The number of nitrogens with zero attached hydrogens (tertiary/aromatic N) is 5. The maximum atomic E-state index is 8.34. The molecule has 6 heteroatoms. The third-order valence-electron chi connectivity index (χ3n) is 4.92. The predicted octanol–water partition coefficient (Wildman–Crippen LogP) is 6.30. The maximum absolute atomic E-state index is 8.34. The Morgan fingerprint density at radius 2 is 1.76 bits per heavy atom. The van der Waals surface area contributed by atoms with Crippen molar-refractivity contribution in [3.63, 3.8) is 0 Å². The summed E-state index contributed by atoms with van der Waals surface area (Å²) in [6.45, 7) is 1.61. The number of aryl methyl sites for hydroxylation is 1. The van der Waals surface area contributed by atoms with Crippen molar-refractivity contribution in [1.82, 2.24) is 0 Å². The van der Waals surface area contributed by atoms with E-state index in [-0.39, 0.29) is 0 Å². The van der Waals surface area contributed by atoms with Crippen LogP contribution >= 0.6 is 11.3 Å². The smallest absolute Gasteiger partial charge is 0.262 e. The number of benzene rings is 2. The number of para-hydroxylation sites is 1. The summed E-state index contributed by atoms with van der Waals surface area (Å²) in [4.78, 5) is 4.92. The van der Waals surface area contributed by atoms with Crippen LogP contribution in [0.4, 0.5) is 5.69 Å². The molecule has 0 aliphatic carbocycles. The number of fused-ring (bicyclic) bond motifs is 1. The zero-order chi connectivity index (χ0) is 20.5. The number of unbranched alkanes of at least 4 members (excludes halogenated alkanes) is 3. The average Bonchev–Trinajstić information content (AvgIpc) is 3.09. The molecule has 0 amide bonds. The van der Waals surface area contributed by atoms with Crippen molar-refractivity contribution in [3.8, 4) is 0 Å². The van der Waals surface area contributed by atoms with Gasteiger partial charge in [-0.2, -0.15) is 4.57 Å². The van der Waals surface area contributed by atoms with Gasteiger partial charge in [0.15, 0.2) is 6.54 Å². The molecule has 0 radical (unpaired) electrons. The van der Waals surface area contributed by atoms with Crippen LogP contribution < -0.4 is 9.47 Å². The highest BCUT2D eigenvalue weighted by Gasteiger charge is 2.17. The second kappa shape index (κ2) is 10.6. The fourth-order valence-corrected chi connectivity index (χ4v) is 4.40. The number of aromatic nitrogens is 1. The first kappa shape index (κ1) is 20.9. The van der Waals surface area contributed by atoms with Crippen molar-refractivity contribution in [2.75, 3.05) is 25.5 Å². The summed E-state index contributed by atoms with van der Waals surface area (Å²) in [7, 11) is 4.11. The number of hydrogen-bond donors (Lipinski definition) is 0. The second-order valence-electron chi connectivity index (χ2n) is 7.25. The van der Waals surface area contributed by atoms with Crippen LogP contribution in [0.25, 0.3) is 32.8 Å². The standard InChI is InChI=1S/C23H28N5S/c1-27(2)20-14-11-19(12-15-20)13-16-23-28(18-8-4-3-7-17-25-26-24)21-9-5-6-10-22(21)29-23/h5-6,9-16H,3-4,7-8,17-18H2,1-2H3/q+1. The van der Waals surface area contributed by atoms with Gasteiger partial charge in [0.25, 0.3) is 5.01 Å². The van der Waals surface area contributed by atoms with Crippen molar-refractivity contribution in [3.05, 3.63) is 69.5 Å². The molecule has 3 rings (SSSR count). The number of anilines is 1. The van der Waals surface area contributed by atoms with Gasteiger partial charge in [-0.15, -0.1) is 0 Å². The van der Waals surface area contributed by atoms with Crippen LogP contribution in [0.3, 0.4) is 0 Å². The van der Waals surface area contributed by atoms with Crippen LogP contribution in [-0.2, 0) is 6.54 Å². The lowest BCUT2D eigenvalue weighted by atomic mass is 10.2. The molecule has 0 saturated carbocycles. The normalized spacial score (nSPS) is 11.1. The molecule has 1 heterocycles. The molecular weight excluding hydrogens is 378 g/mol. The van der Waals surface area contributed by atoms with Crippen LogP contribution in [0.1, 0.15) is 36.3 Å². The highest BCUT2D eigenvalue weighted by atomic mass is 32.1. The van der Waals surface area contributed by atoms with Crippen molar-refractivity contribution in [2.24, 2.45) is 5.11 Å². The van der Waals surface area contributed by atoms with Crippen LogP contribution in [0.2, 0.25) is 0 Å². The largest absolute Gasteiger partial charge is 0.378 e. The van der Waals surface area contributed by atoms with Gasteiger partial charge in [-0.25, -0.2) is 0 Å². The minimum Gasteiger partial charge on any atom is -0.378 e. The van der Waals surface area contributed by atoms with E-state index in [1.54, 1.807) is 0 Å². The average molecular weight is 407 g/mol. The van der Waals surface area contributed by atoms with Crippen LogP contribution in [0.5, 0.6) is 0 Å². The third-order valence-corrected chi connectivity index (χ3v) is 6.05. The monoisotopic (exact) mass is 406 g/mol. The maximum Gasteiger partial charge on any atom is 0.262 e. The Labute approximate surface area is 176 Å². The van der Waals surface area contributed by atoms with E-state index in [2.05, 4.69) is 94.3 Å². The molecule has 0 bridgehead atoms. The van der Waals surface area contributed by atoms with Gasteiger partial charge in [0, 0.05) is 49.8 Å². The second-order valence-corrected chi connectivity index (χ2v) is 8.31. The number of thiazole rings is 1. The molecule has 0 unspecified atom stereocenters. The summed E-state index contributed by atoms with van der Waals surface area (Å²) >= 11 is 1.84. The van der Waals surface area contributed by atoms with Crippen LogP contribution in [-0.4, -0.2) is 20.6 Å². The van der Waals surface area contributed by atoms with Gasteiger partial charge < -0.3 is 4.90 Å². The molecule has 29 heavy (non-hydrogen) atoms. The molecule has 0 spiro atoms. The Kier molecular flexibility index (Phi) is 7.68. The number of azide groups is 1. The lowest BCUT2D eigenvalue weighted by Gasteiger charge is -2.11. The molecular formula is C23H28N5S+. The zero-order valence-corrected chi connectivity index (χ0v) is 18.0. The van der Waals surface area contributed by atoms with Crippen molar-refractivity contribution >= 4 is 39.4 Å². The molecule has 150 valence electrons. The molecule has 0 aliphatic heterocycles. The first-order valence-electron chi connectivity index (χ1n) is 10.1. The molecule has 2 aromatic carbocycles. The Morgan fingerprint density at radius 3 is 2.52 bits per heavy atom. The summed E-state index contributed by atoms with van der Waals surface area (Å²) in [6.07, 6.45) is 8.77. The van der Waals surface area contributed by atoms with Crippen LogP contribution in [0, 0.1) is 0 Å². The van der Waals surface area contributed by atoms with Gasteiger partial charge in [0.05, 0.1) is 0 Å². The first-order chi connectivity index (χ1) is 14.2. The van der Waals surface area contributed by atoms with Crippen LogP contribution in [0.15, 0.2) is 53.6 Å². The zero-order valence-electron chi connectivity index (χ0n) is 17.2. The lowest BCUT2D eigenvalue weighted by Crippen LogP contribution is -2.34. The van der Waals surface area contributed by atoms with E-state index in [1.165, 1.54) is 26.5 Å². The molecule has 3 aromatic rings. The van der Waals surface area contributed by atoms with E-state index in [0.29, 0.717) is 6.54 Å². The van der Waals surface area contributed by atoms with Gasteiger partial charge in [0.2, 0.25) is 5.52 Å². The molecule has 0 saturated heterocycles. The quantitative estimate of drug-likeness (QED) is 0.128. The van der Waals surface area contributed by atoms with E-state index in [0.717, 1.165) is 32.2 Å². The first-order valence-corrected chi connectivity index (χ1v) is 10.9. The summed E-state index contributed by atoms with van der Waals surface area (Å²) in [5, 5.41) is 4.88. The molecule has 0 fully saturated rings. The van der Waals surface area contributed by atoms with Crippen molar-refractivity contribution in [2.45, 2.75) is 32.2 Å². The minimum absolute atomic E-state index is 0.603. The summed E-state index contributed by atoms with van der Waals surface area (Å²) in [5.41, 5.74) is 12.1. The Balaban J connectivity index is 1.71. The predicted molar refractivity (Wildman–Crippen MR) is 124 cm³/mol. The van der Waals surface area contributed by atoms with E-state index < -0.39 is 0 Å². The van der Waals surface area contributed by atoms with Crippen molar-refractivity contribution in [1.29, 1.82) is 0 Å². The van der Waals surface area contributed by atoms with E-state index in [9.17, 15) is 0 Å². The van der Waals surface area contributed by atoms with E-state index >= 15 is 0 Å². The Hall–Kier alpha value is -2.82. The Bertz CT molecular complexity index is 998. The number of rotatable bonds is 10. The summed E-state index contributed by atoms with van der Waals surface area (Å²) in [6, 6.07) is 17.2. The lowest BCUT2D eigenvalue weighted by molar-refractivity contribution is -0.669. The van der Waals surface area contributed by atoms with E-state index in [4.69, 9.17) is 5.53 Å². The van der Waals surface area contributed by atoms with E-state index in [1.807, 2.05) is 11.3 Å². The minimum atomic E-state index is 0.603. The number of hydrogen-bond acceptors (Lipinski definition) is 3. The highest BCUT2D eigenvalue weighted by Crippen LogP contribution is 2.23. The summed E-state index contributed by atoms with van der Waals surface area (Å²) < 4.78 is 3.75. The molecule has 1 aromatic heterocycles. The van der Waals surface area contributed by atoms with Crippen molar-refractivity contribution < 1.29 is 4.57 Å². The fraction of sp³-hybridized carbons (Fsp3) is 0.348. The topological polar surface area (TPSA) is 55.9 Å². The van der Waals surface area contributed by atoms with Gasteiger partial charge in [-0.1, -0.05) is 47.1 Å². The van der Waals surface area contributed by atoms with Gasteiger partial charge in [0.1, 0.15) is 4.70 Å². The SMILES string of the molecule is CN(C)c1ccc(/C=C/c2sc3ccccc3[n+]2CCCCCCN=[N+]=[N-])cc1. The van der Waals surface area contributed by atoms with Gasteiger partial charge in [-0.3, -0.25) is 0 Å². The fourth-order valence-electron chi connectivity index (χ4n) is 3.31. The molecule has 0 aliphatic rings.